The highest BCUT2D eigenvalue weighted by Crippen LogP contribution is 2.20. The van der Waals surface area contributed by atoms with Crippen LogP contribution in [0.3, 0.4) is 0 Å². The first-order valence-corrected chi connectivity index (χ1v) is 5.78. The molecule has 2 rings (SSSR count). The van der Waals surface area contributed by atoms with Crippen molar-refractivity contribution in [1.82, 2.24) is 4.98 Å². The van der Waals surface area contributed by atoms with Crippen LogP contribution in [0.5, 0.6) is 0 Å². The Labute approximate surface area is 96.5 Å². The van der Waals surface area contributed by atoms with Gasteiger partial charge in [0.25, 0.3) is 0 Å². The summed E-state index contributed by atoms with van der Waals surface area (Å²) in [6, 6.07) is 8.57. The number of para-hydroxylation sites is 1. The van der Waals surface area contributed by atoms with E-state index in [4.69, 9.17) is 5.73 Å². The number of nitrogens with two attached hydrogens (primary N) is 1. The Hall–Kier alpha value is -1.41. The number of pyridine rings is 1. The normalized spacial score (nSPS) is 10.9. The minimum Gasteiger partial charge on any atom is -0.330 e. The maximum absolute atomic E-state index is 5.54. The average Bonchev–Trinajstić information content (AvgIpc) is 2.28. The smallest absolute Gasteiger partial charge is 0.0734 e. The van der Waals surface area contributed by atoms with E-state index in [0.717, 1.165) is 30.6 Å². The summed E-state index contributed by atoms with van der Waals surface area (Å²) in [7, 11) is 0. The first-order chi connectivity index (χ1) is 7.72. The van der Waals surface area contributed by atoms with Crippen molar-refractivity contribution in [3.05, 3.63) is 41.1 Å². The topological polar surface area (TPSA) is 38.9 Å². The van der Waals surface area contributed by atoms with Crippen LogP contribution < -0.4 is 5.73 Å². The standard InChI is InChI=1S/C14H18N2/c1-10-5-3-6-13-9-12(7-4-8-15)11(2)16-14(10)13/h3,5-6,9H,4,7-8,15H2,1-2H3. The van der Waals surface area contributed by atoms with Gasteiger partial charge in [-0.05, 0) is 50.4 Å². The van der Waals surface area contributed by atoms with Crippen molar-refractivity contribution < 1.29 is 0 Å². The van der Waals surface area contributed by atoms with Crippen LogP contribution in [0.15, 0.2) is 24.3 Å². The zero-order valence-electron chi connectivity index (χ0n) is 9.96. The molecular formula is C14H18N2. The Morgan fingerprint density at radius 3 is 2.81 bits per heavy atom. The van der Waals surface area contributed by atoms with Crippen LogP contribution in [0.4, 0.5) is 0 Å². The van der Waals surface area contributed by atoms with E-state index >= 15 is 0 Å². The van der Waals surface area contributed by atoms with Crippen molar-refractivity contribution in [3.63, 3.8) is 0 Å². The molecule has 0 aliphatic carbocycles. The van der Waals surface area contributed by atoms with Crippen LogP contribution in [0.2, 0.25) is 0 Å². The minimum atomic E-state index is 0.741. The zero-order chi connectivity index (χ0) is 11.5. The number of fused-ring (bicyclic) bond motifs is 1. The van der Waals surface area contributed by atoms with Gasteiger partial charge < -0.3 is 5.73 Å². The summed E-state index contributed by atoms with van der Waals surface area (Å²) in [6.45, 7) is 4.93. The number of aryl methyl sites for hydroxylation is 3. The van der Waals surface area contributed by atoms with Crippen LogP contribution in [-0.4, -0.2) is 11.5 Å². The summed E-state index contributed by atoms with van der Waals surface area (Å²) < 4.78 is 0. The molecular weight excluding hydrogens is 196 g/mol. The molecule has 0 saturated heterocycles. The third kappa shape index (κ3) is 2.07. The van der Waals surface area contributed by atoms with Crippen LogP contribution in [-0.2, 0) is 6.42 Å². The highest BCUT2D eigenvalue weighted by Gasteiger charge is 2.04. The molecule has 0 saturated carbocycles. The minimum absolute atomic E-state index is 0.741. The molecule has 0 unspecified atom stereocenters. The molecule has 1 aromatic heterocycles. The van der Waals surface area contributed by atoms with Gasteiger partial charge in [0.05, 0.1) is 5.52 Å². The van der Waals surface area contributed by atoms with Gasteiger partial charge in [0.15, 0.2) is 0 Å². The highest BCUT2D eigenvalue weighted by atomic mass is 14.7. The Bertz CT molecular complexity index is 503. The Morgan fingerprint density at radius 1 is 1.25 bits per heavy atom. The lowest BCUT2D eigenvalue weighted by Gasteiger charge is -2.08. The number of rotatable bonds is 3. The molecule has 0 amide bonds. The summed E-state index contributed by atoms with van der Waals surface area (Å²) in [5.41, 5.74) is 10.4. The molecule has 0 aliphatic rings. The Balaban J connectivity index is 2.50. The molecule has 0 fully saturated rings. The average molecular weight is 214 g/mol. The lowest BCUT2D eigenvalue weighted by Crippen LogP contribution is -2.02. The van der Waals surface area contributed by atoms with Crippen LogP contribution in [0.1, 0.15) is 23.2 Å². The van der Waals surface area contributed by atoms with Crippen molar-refractivity contribution >= 4 is 10.9 Å². The van der Waals surface area contributed by atoms with Gasteiger partial charge in [-0.3, -0.25) is 4.98 Å². The fourth-order valence-corrected chi connectivity index (χ4v) is 2.03. The second-order valence-corrected chi connectivity index (χ2v) is 4.27. The Morgan fingerprint density at radius 2 is 2.06 bits per heavy atom. The van der Waals surface area contributed by atoms with Gasteiger partial charge in [-0.1, -0.05) is 18.2 Å². The van der Waals surface area contributed by atoms with E-state index in [9.17, 15) is 0 Å². The third-order valence-corrected chi connectivity index (χ3v) is 2.99. The van der Waals surface area contributed by atoms with E-state index in [0.29, 0.717) is 0 Å². The predicted octanol–water partition coefficient (Wildman–Crippen LogP) is 2.74. The maximum atomic E-state index is 5.54. The van der Waals surface area contributed by atoms with Crippen LogP contribution in [0, 0.1) is 13.8 Å². The molecule has 0 bridgehead atoms. The maximum Gasteiger partial charge on any atom is 0.0734 e. The zero-order valence-corrected chi connectivity index (χ0v) is 9.96. The lowest BCUT2D eigenvalue weighted by molar-refractivity contribution is 0.824. The van der Waals surface area contributed by atoms with Gasteiger partial charge in [-0.25, -0.2) is 0 Å². The van der Waals surface area contributed by atoms with Crippen LogP contribution in [0.25, 0.3) is 10.9 Å². The van der Waals surface area contributed by atoms with Gasteiger partial charge in [0, 0.05) is 11.1 Å². The van der Waals surface area contributed by atoms with E-state index in [1.165, 1.54) is 16.5 Å². The van der Waals surface area contributed by atoms with Crippen molar-refractivity contribution in [1.29, 1.82) is 0 Å². The summed E-state index contributed by atoms with van der Waals surface area (Å²) in [4.78, 5) is 4.69. The fourth-order valence-electron chi connectivity index (χ4n) is 2.03. The summed E-state index contributed by atoms with van der Waals surface area (Å²) in [5.74, 6) is 0. The second kappa shape index (κ2) is 4.62. The fraction of sp³-hybridized carbons (Fsp3) is 0.357. The number of nitrogens with zero attached hydrogens (tertiary/aromatic N) is 1. The number of hydrogen-bond acceptors (Lipinski definition) is 2. The monoisotopic (exact) mass is 214 g/mol. The third-order valence-electron chi connectivity index (χ3n) is 2.99. The molecule has 2 aromatic rings. The molecule has 0 spiro atoms. The molecule has 1 aromatic carbocycles. The molecule has 2 nitrogen and oxygen atoms in total. The molecule has 0 atom stereocenters. The van der Waals surface area contributed by atoms with Crippen molar-refractivity contribution in [2.24, 2.45) is 5.73 Å². The number of benzene rings is 1. The Kier molecular flexibility index (Phi) is 3.20. The van der Waals surface area contributed by atoms with E-state index in [1.54, 1.807) is 0 Å². The van der Waals surface area contributed by atoms with Crippen molar-refractivity contribution in [2.45, 2.75) is 26.7 Å². The van der Waals surface area contributed by atoms with Crippen LogP contribution >= 0.6 is 0 Å². The molecule has 1 heterocycles. The van der Waals surface area contributed by atoms with Crippen molar-refractivity contribution in [2.75, 3.05) is 6.54 Å². The lowest BCUT2D eigenvalue weighted by atomic mass is 10.0. The molecule has 2 heteroatoms. The summed E-state index contributed by atoms with van der Waals surface area (Å²) in [6.07, 6.45) is 2.05. The highest BCUT2D eigenvalue weighted by molar-refractivity contribution is 5.82. The summed E-state index contributed by atoms with van der Waals surface area (Å²) >= 11 is 0. The van der Waals surface area contributed by atoms with E-state index in [1.807, 2.05) is 0 Å². The van der Waals surface area contributed by atoms with Crippen molar-refractivity contribution in [3.8, 4) is 0 Å². The molecule has 84 valence electrons. The molecule has 16 heavy (non-hydrogen) atoms. The molecule has 0 aliphatic heterocycles. The largest absolute Gasteiger partial charge is 0.330 e. The first-order valence-electron chi connectivity index (χ1n) is 5.78. The number of hydrogen-bond donors (Lipinski definition) is 1. The van der Waals surface area contributed by atoms with Gasteiger partial charge in [0.1, 0.15) is 0 Å². The quantitative estimate of drug-likeness (QED) is 0.853. The second-order valence-electron chi connectivity index (χ2n) is 4.27. The molecule has 0 radical (unpaired) electrons. The van der Waals surface area contributed by atoms with Gasteiger partial charge >= 0.3 is 0 Å². The first kappa shape index (κ1) is 11.1. The van der Waals surface area contributed by atoms with E-state index < -0.39 is 0 Å². The van der Waals surface area contributed by atoms with Gasteiger partial charge in [0.2, 0.25) is 0 Å². The number of aromatic nitrogens is 1. The van der Waals surface area contributed by atoms with Gasteiger partial charge in [-0.2, -0.15) is 0 Å². The summed E-state index contributed by atoms with van der Waals surface area (Å²) in [5, 5.41) is 1.23. The van der Waals surface area contributed by atoms with E-state index in [2.05, 4.69) is 43.1 Å². The van der Waals surface area contributed by atoms with E-state index in [-0.39, 0.29) is 0 Å². The van der Waals surface area contributed by atoms with Gasteiger partial charge in [-0.15, -0.1) is 0 Å². The molecule has 2 N–H and O–H groups in total. The SMILES string of the molecule is Cc1nc2c(C)cccc2cc1CCCN. The predicted molar refractivity (Wildman–Crippen MR) is 68.6 cm³/mol.